The molecule has 2 aliphatic rings. The first-order chi connectivity index (χ1) is 11.5. The van der Waals surface area contributed by atoms with E-state index in [0.717, 1.165) is 69.1 Å². The normalized spacial score (nSPS) is 23.5. The molecule has 1 amide bonds. The van der Waals surface area contributed by atoms with Gasteiger partial charge >= 0.3 is 0 Å². The first-order valence-corrected chi connectivity index (χ1v) is 8.85. The number of aryl methyl sites for hydroxylation is 2. The molecule has 0 aliphatic carbocycles. The predicted octanol–water partition coefficient (Wildman–Crippen LogP) is 2.60. The van der Waals surface area contributed by atoms with Gasteiger partial charge in [0.15, 0.2) is 0 Å². The van der Waals surface area contributed by atoms with Crippen molar-refractivity contribution in [3.05, 3.63) is 29.1 Å². The zero-order valence-electron chi connectivity index (χ0n) is 15.0. The molecule has 0 saturated carbocycles. The number of carbonyl (C=O) groups excluding carboxylic acids is 1. The van der Waals surface area contributed by atoms with Crippen LogP contribution in [0.4, 0.5) is 0 Å². The van der Waals surface area contributed by atoms with Gasteiger partial charge in [0.05, 0.1) is 13.2 Å². The van der Waals surface area contributed by atoms with Crippen molar-refractivity contribution < 1.29 is 14.3 Å². The summed E-state index contributed by atoms with van der Waals surface area (Å²) in [6.45, 7) is 7.87. The van der Waals surface area contributed by atoms with E-state index in [1.165, 1.54) is 0 Å². The minimum absolute atomic E-state index is 0.133. The van der Waals surface area contributed by atoms with E-state index in [1.807, 2.05) is 30.9 Å². The monoisotopic (exact) mass is 332 g/mol. The molecule has 1 aromatic heterocycles. The molecule has 2 fully saturated rings. The second-order valence-corrected chi connectivity index (χ2v) is 7.27. The van der Waals surface area contributed by atoms with Crippen LogP contribution in [0.15, 0.2) is 12.1 Å². The Morgan fingerprint density at radius 3 is 2.58 bits per heavy atom. The molecule has 2 saturated heterocycles. The maximum absolute atomic E-state index is 12.8. The number of rotatable bonds is 3. The van der Waals surface area contributed by atoms with Crippen LogP contribution in [-0.4, -0.2) is 55.8 Å². The van der Waals surface area contributed by atoms with E-state index in [1.54, 1.807) is 7.11 Å². The summed E-state index contributed by atoms with van der Waals surface area (Å²) in [4.78, 5) is 19.2. The minimum atomic E-state index is 0.133. The molecular weight excluding hydrogens is 304 g/mol. The van der Waals surface area contributed by atoms with Gasteiger partial charge in [-0.2, -0.15) is 0 Å². The van der Waals surface area contributed by atoms with Crippen LogP contribution in [-0.2, 0) is 9.47 Å². The quantitative estimate of drug-likeness (QED) is 0.854. The van der Waals surface area contributed by atoms with Crippen molar-refractivity contribution in [2.75, 3.05) is 40.0 Å². The number of hydrogen-bond donors (Lipinski definition) is 0. The Hall–Kier alpha value is -1.46. The van der Waals surface area contributed by atoms with Crippen molar-refractivity contribution in [3.8, 4) is 0 Å². The maximum Gasteiger partial charge on any atom is 0.253 e. The lowest BCUT2D eigenvalue weighted by Crippen LogP contribution is -2.50. The Bertz CT molecular complexity index is 572. The molecule has 0 N–H and O–H groups in total. The third kappa shape index (κ3) is 3.47. The van der Waals surface area contributed by atoms with Gasteiger partial charge in [0.2, 0.25) is 0 Å². The minimum Gasteiger partial charge on any atom is -0.384 e. The zero-order valence-corrected chi connectivity index (χ0v) is 15.0. The van der Waals surface area contributed by atoms with Gasteiger partial charge in [0.25, 0.3) is 5.91 Å². The van der Waals surface area contributed by atoms with Crippen molar-refractivity contribution in [1.82, 2.24) is 9.88 Å². The first-order valence-electron chi connectivity index (χ1n) is 8.85. The molecule has 1 atom stereocenters. The fourth-order valence-electron chi connectivity index (χ4n) is 4.26. The second kappa shape index (κ2) is 7.19. The molecule has 1 unspecified atom stereocenters. The van der Waals surface area contributed by atoms with Crippen LogP contribution in [0.5, 0.6) is 0 Å². The zero-order chi connectivity index (χ0) is 17.2. The molecular formula is C19H28N2O3. The molecule has 1 aromatic rings. The molecule has 24 heavy (non-hydrogen) atoms. The van der Waals surface area contributed by atoms with Crippen molar-refractivity contribution in [2.45, 2.75) is 33.1 Å². The first kappa shape index (κ1) is 17.4. The van der Waals surface area contributed by atoms with Gasteiger partial charge in [0, 0.05) is 49.7 Å². The van der Waals surface area contributed by atoms with Gasteiger partial charge in [0.1, 0.15) is 0 Å². The van der Waals surface area contributed by atoms with Crippen LogP contribution in [0.1, 0.15) is 41.0 Å². The highest BCUT2D eigenvalue weighted by Crippen LogP contribution is 2.44. The average molecular weight is 332 g/mol. The molecule has 0 aromatic carbocycles. The Balaban J connectivity index is 1.68. The summed E-state index contributed by atoms with van der Waals surface area (Å²) in [7, 11) is 1.76. The van der Waals surface area contributed by atoms with E-state index in [0.29, 0.717) is 5.92 Å². The summed E-state index contributed by atoms with van der Waals surface area (Å²) in [5.41, 5.74) is 2.83. The van der Waals surface area contributed by atoms with E-state index in [4.69, 9.17) is 9.47 Å². The molecule has 0 radical (unpaired) electrons. The lowest BCUT2D eigenvalue weighted by molar-refractivity contribution is -0.0912. The summed E-state index contributed by atoms with van der Waals surface area (Å²) in [5.74, 6) is 0.577. The number of aromatic nitrogens is 1. The number of methoxy groups -OCH3 is 1. The van der Waals surface area contributed by atoms with Crippen LogP contribution in [0.3, 0.4) is 0 Å². The highest BCUT2D eigenvalue weighted by Gasteiger charge is 2.44. The van der Waals surface area contributed by atoms with Crippen LogP contribution in [0, 0.1) is 25.2 Å². The summed E-state index contributed by atoms with van der Waals surface area (Å²) in [6.07, 6.45) is 3.16. The number of nitrogens with zero attached hydrogens (tertiary/aromatic N) is 2. The number of hydrogen-bond acceptors (Lipinski definition) is 4. The molecule has 5 heteroatoms. The Morgan fingerprint density at radius 1 is 1.29 bits per heavy atom. The average Bonchev–Trinajstić information content (AvgIpc) is 2.56. The summed E-state index contributed by atoms with van der Waals surface area (Å²) < 4.78 is 11.1. The Labute approximate surface area is 144 Å². The number of ether oxygens (including phenoxy) is 2. The SMILES string of the molecule is COCC1COCCC12CCN(C(=O)c1cc(C)nc(C)c1)CC2. The van der Waals surface area contributed by atoms with E-state index < -0.39 is 0 Å². The summed E-state index contributed by atoms with van der Waals surface area (Å²) >= 11 is 0. The van der Waals surface area contributed by atoms with E-state index in [2.05, 4.69) is 4.98 Å². The van der Waals surface area contributed by atoms with Crippen LogP contribution < -0.4 is 0 Å². The third-order valence-electron chi connectivity index (χ3n) is 5.67. The van der Waals surface area contributed by atoms with E-state index >= 15 is 0 Å². The van der Waals surface area contributed by atoms with Gasteiger partial charge in [-0.3, -0.25) is 9.78 Å². The number of piperidine rings is 1. The molecule has 2 aliphatic heterocycles. The molecule has 0 bridgehead atoms. The molecule has 1 spiro atoms. The smallest absolute Gasteiger partial charge is 0.253 e. The number of carbonyl (C=O) groups is 1. The lowest BCUT2D eigenvalue weighted by atomic mass is 9.66. The Morgan fingerprint density at radius 2 is 1.96 bits per heavy atom. The maximum atomic E-state index is 12.8. The fourth-order valence-corrected chi connectivity index (χ4v) is 4.26. The highest BCUT2D eigenvalue weighted by atomic mass is 16.5. The van der Waals surface area contributed by atoms with Gasteiger partial charge < -0.3 is 14.4 Å². The fraction of sp³-hybridized carbons (Fsp3) is 0.684. The van der Waals surface area contributed by atoms with Crippen molar-refractivity contribution in [3.63, 3.8) is 0 Å². The van der Waals surface area contributed by atoms with Crippen molar-refractivity contribution >= 4 is 5.91 Å². The predicted molar refractivity (Wildman–Crippen MR) is 92.1 cm³/mol. The standard InChI is InChI=1S/C19H28N2O3/c1-14-10-16(11-15(2)20-14)18(22)21-7-4-19(5-8-21)6-9-24-13-17(19)12-23-3/h10-11,17H,4-9,12-13H2,1-3H3. The highest BCUT2D eigenvalue weighted by molar-refractivity contribution is 5.94. The number of amides is 1. The van der Waals surface area contributed by atoms with Gasteiger partial charge in [-0.1, -0.05) is 0 Å². The second-order valence-electron chi connectivity index (χ2n) is 7.27. The largest absolute Gasteiger partial charge is 0.384 e. The van der Waals surface area contributed by atoms with Crippen molar-refractivity contribution in [2.24, 2.45) is 11.3 Å². The number of pyridine rings is 1. The van der Waals surface area contributed by atoms with Crippen LogP contribution >= 0.6 is 0 Å². The van der Waals surface area contributed by atoms with E-state index in [9.17, 15) is 4.79 Å². The van der Waals surface area contributed by atoms with Crippen LogP contribution in [0.25, 0.3) is 0 Å². The molecule has 132 valence electrons. The number of likely N-dealkylation sites (tertiary alicyclic amines) is 1. The molecule has 5 nitrogen and oxygen atoms in total. The Kier molecular flexibility index (Phi) is 5.21. The molecule has 3 heterocycles. The molecule has 3 rings (SSSR count). The van der Waals surface area contributed by atoms with Gasteiger partial charge in [-0.15, -0.1) is 0 Å². The third-order valence-corrected chi connectivity index (χ3v) is 5.67. The van der Waals surface area contributed by atoms with Crippen molar-refractivity contribution in [1.29, 1.82) is 0 Å². The van der Waals surface area contributed by atoms with Crippen LogP contribution in [0.2, 0.25) is 0 Å². The van der Waals surface area contributed by atoms with Gasteiger partial charge in [-0.05, 0) is 50.7 Å². The van der Waals surface area contributed by atoms with E-state index in [-0.39, 0.29) is 11.3 Å². The summed E-state index contributed by atoms with van der Waals surface area (Å²) in [6, 6.07) is 3.78. The summed E-state index contributed by atoms with van der Waals surface area (Å²) in [5, 5.41) is 0. The topological polar surface area (TPSA) is 51.7 Å². The van der Waals surface area contributed by atoms with Gasteiger partial charge in [-0.25, -0.2) is 0 Å². The lowest BCUT2D eigenvalue weighted by Gasteiger charge is -2.48.